The molecule has 164 valence electrons. The highest BCUT2D eigenvalue weighted by atomic mass is 28.4. The van der Waals surface area contributed by atoms with Crippen molar-refractivity contribution >= 4 is 24.7 Å². The number of hydrogen-bond donors (Lipinski definition) is 1. The van der Waals surface area contributed by atoms with Gasteiger partial charge in [0.25, 0.3) is 8.32 Å². The Morgan fingerprint density at radius 2 is 1.43 bits per heavy atom. The van der Waals surface area contributed by atoms with Gasteiger partial charge in [-0.05, 0) is 49.0 Å². The van der Waals surface area contributed by atoms with E-state index in [-0.39, 0.29) is 18.1 Å². The fourth-order valence-corrected chi connectivity index (χ4v) is 8.17. The Kier molecular flexibility index (Phi) is 7.03. The molecule has 1 unspecified atom stereocenters. The first-order valence-corrected chi connectivity index (χ1v) is 12.3. The van der Waals surface area contributed by atoms with Crippen molar-refractivity contribution in [1.29, 1.82) is 0 Å². The lowest BCUT2D eigenvalue weighted by Gasteiger charge is -2.43. The molecule has 1 N–H and O–H groups in total. The number of aliphatic hydroxyl groups is 1. The summed E-state index contributed by atoms with van der Waals surface area (Å²) in [6.45, 7) is 11.5. The molecule has 4 nitrogen and oxygen atoms in total. The van der Waals surface area contributed by atoms with E-state index >= 15 is 0 Å². The molecule has 1 atom stereocenters. The lowest BCUT2D eigenvalue weighted by Crippen LogP contribution is -2.66. The molecule has 0 bridgehead atoms. The van der Waals surface area contributed by atoms with Crippen LogP contribution in [0.4, 0.5) is 0 Å². The van der Waals surface area contributed by atoms with E-state index in [9.17, 15) is 9.90 Å². The van der Waals surface area contributed by atoms with Crippen molar-refractivity contribution in [2.45, 2.75) is 71.1 Å². The minimum Gasteiger partial charge on any atom is -0.458 e. The molecule has 0 radical (unpaired) electrons. The van der Waals surface area contributed by atoms with Gasteiger partial charge in [0.2, 0.25) is 0 Å². The third kappa shape index (κ3) is 6.03. The van der Waals surface area contributed by atoms with Gasteiger partial charge in [-0.15, -0.1) is 0 Å². The van der Waals surface area contributed by atoms with Crippen molar-refractivity contribution in [3.8, 4) is 0 Å². The second kappa shape index (κ2) is 9.90. The molecule has 0 amide bonds. The minimum atomic E-state index is -2.81. The predicted molar refractivity (Wildman–Crippen MR) is 125 cm³/mol. The largest absolute Gasteiger partial charge is 0.458 e. The Labute approximate surface area is 185 Å². The summed E-state index contributed by atoms with van der Waals surface area (Å²) in [5, 5.41) is 12.3. The summed E-state index contributed by atoms with van der Waals surface area (Å²) in [4.78, 5) is 12.2. The van der Waals surface area contributed by atoms with Crippen molar-refractivity contribution < 1.29 is 21.8 Å². The standard InChI is InChI=1S/C25H36O4Si/c1-24(2,3)29-23(27)22(26)18-13-19-28-30(25(4,5)6,20-14-9-7-10-15-20)21-16-11-8-12-17-21/h7-12,14-17,22,26H,13,18-19H2,1-6H3/i18D2. The third-order valence-corrected chi connectivity index (χ3v) is 9.85. The molecule has 0 aliphatic rings. The maximum atomic E-state index is 12.2. The lowest BCUT2D eigenvalue weighted by molar-refractivity contribution is -0.165. The molecule has 0 saturated carbocycles. The van der Waals surface area contributed by atoms with Crippen molar-refractivity contribution in [1.82, 2.24) is 0 Å². The molecule has 0 heterocycles. The first kappa shape index (κ1) is 21.3. The second-order valence-electron chi connectivity index (χ2n) is 9.40. The Balaban J connectivity index is 2.33. The number of aliphatic hydroxyl groups excluding tert-OH is 1. The van der Waals surface area contributed by atoms with Crippen LogP contribution in [0.1, 0.15) is 57.1 Å². The van der Waals surface area contributed by atoms with Crippen molar-refractivity contribution in [3.05, 3.63) is 60.7 Å². The van der Waals surface area contributed by atoms with Crippen LogP contribution in [-0.4, -0.2) is 37.7 Å². The zero-order valence-electron chi connectivity index (χ0n) is 20.9. The number of esters is 1. The SMILES string of the molecule is [2H]C([2H])(CCO[Si](c1ccccc1)(c1ccccc1)C(C)(C)C)C(O)C(=O)OC(C)(C)C. The van der Waals surface area contributed by atoms with Crippen LogP contribution in [0, 0.1) is 0 Å². The van der Waals surface area contributed by atoms with E-state index in [4.69, 9.17) is 11.9 Å². The molecule has 0 saturated heterocycles. The van der Waals surface area contributed by atoms with Crippen LogP contribution in [0.25, 0.3) is 0 Å². The number of carbonyl (C=O) groups is 1. The Bertz CT molecular complexity index is 835. The molecule has 2 aromatic rings. The summed E-state index contributed by atoms with van der Waals surface area (Å²) in [5.41, 5.74) is -0.806. The fourth-order valence-electron chi connectivity index (χ4n) is 3.60. The van der Waals surface area contributed by atoms with Gasteiger partial charge in [0.1, 0.15) is 5.60 Å². The van der Waals surface area contributed by atoms with Gasteiger partial charge >= 0.3 is 5.97 Å². The number of rotatable bonds is 8. The van der Waals surface area contributed by atoms with Crippen molar-refractivity contribution in [2.24, 2.45) is 0 Å². The first-order valence-electron chi connectivity index (χ1n) is 11.4. The molecule has 0 spiro atoms. The highest BCUT2D eigenvalue weighted by Crippen LogP contribution is 2.36. The van der Waals surface area contributed by atoms with Crippen LogP contribution in [0.5, 0.6) is 0 Å². The smallest absolute Gasteiger partial charge is 0.335 e. The van der Waals surface area contributed by atoms with E-state index in [1.807, 2.05) is 36.4 Å². The average molecular weight is 431 g/mol. The molecular weight excluding hydrogens is 392 g/mol. The molecule has 0 aliphatic carbocycles. The van der Waals surface area contributed by atoms with E-state index in [0.29, 0.717) is 0 Å². The van der Waals surface area contributed by atoms with Gasteiger partial charge < -0.3 is 14.3 Å². The lowest BCUT2D eigenvalue weighted by atomic mass is 10.1. The number of carbonyl (C=O) groups excluding carboxylic acids is 1. The predicted octanol–water partition coefficient (Wildman–Crippen LogP) is 4.05. The van der Waals surface area contributed by atoms with E-state index in [2.05, 4.69) is 45.0 Å². The van der Waals surface area contributed by atoms with E-state index in [1.165, 1.54) is 0 Å². The molecule has 2 rings (SSSR count). The Morgan fingerprint density at radius 3 is 1.83 bits per heavy atom. The number of benzene rings is 2. The summed E-state index contributed by atoms with van der Waals surface area (Å²) < 4.78 is 28.4. The molecule has 0 aliphatic heterocycles. The summed E-state index contributed by atoms with van der Waals surface area (Å²) >= 11 is 0. The van der Waals surface area contributed by atoms with Crippen LogP contribution in [-0.2, 0) is 14.0 Å². The summed E-state index contributed by atoms with van der Waals surface area (Å²) in [7, 11) is -2.81. The Morgan fingerprint density at radius 1 is 0.967 bits per heavy atom. The van der Waals surface area contributed by atoms with Crippen LogP contribution in [0.3, 0.4) is 0 Å². The topological polar surface area (TPSA) is 55.8 Å². The highest BCUT2D eigenvalue weighted by molar-refractivity contribution is 6.99. The zero-order chi connectivity index (χ0) is 24.2. The van der Waals surface area contributed by atoms with Gasteiger partial charge in [-0.25, -0.2) is 4.79 Å². The van der Waals surface area contributed by atoms with Gasteiger partial charge in [0.05, 0.1) is 0 Å². The van der Waals surface area contributed by atoms with Gasteiger partial charge in [0.15, 0.2) is 6.10 Å². The van der Waals surface area contributed by atoms with Gasteiger partial charge in [0, 0.05) is 9.35 Å². The summed E-state index contributed by atoms with van der Waals surface area (Å²) in [6, 6.07) is 20.1. The van der Waals surface area contributed by atoms with E-state index < -0.39 is 32.4 Å². The second-order valence-corrected chi connectivity index (χ2v) is 13.7. The normalized spacial score (nSPS) is 15.2. The van der Waals surface area contributed by atoms with E-state index in [1.54, 1.807) is 20.8 Å². The zero-order valence-corrected chi connectivity index (χ0v) is 19.9. The van der Waals surface area contributed by atoms with Crippen LogP contribution in [0.2, 0.25) is 5.04 Å². The van der Waals surface area contributed by atoms with E-state index in [0.717, 1.165) is 10.4 Å². The minimum absolute atomic E-state index is 0.0557. The van der Waals surface area contributed by atoms with Crippen LogP contribution < -0.4 is 10.4 Å². The van der Waals surface area contributed by atoms with Crippen LogP contribution in [0.15, 0.2) is 60.7 Å². The fraction of sp³-hybridized carbons (Fsp3) is 0.480. The van der Waals surface area contributed by atoms with Gasteiger partial charge in [-0.2, -0.15) is 0 Å². The molecule has 5 heteroatoms. The number of ether oxygens (including phenoxy) is 1. The Hall–Kier alpha value is -1.95. The van der Waals surface area contributed by atoms with Gasteiger partial charge in [-0.3, -0.25) is 0 Å². The quantitative estimate of drug-likeness (QED) is 0.507. The van der Waals surface area contributed by atoms with Crippen LogP contribution >= 0.6 is 0 Å². The van der Waals surface area contributed by atoms with Crippen molar-refractivity contribution in [2.75, 3.05) is 6.61 Å². The number of hydrogen-bond acceptors (Lipinski definition) is 4. The molecule has 0 aromatic heterocycles. The maximum Gasteiger partial charge on any atom is 0.335 e. The highest BCUT2D eigenvalue weighted by Gasteiger charge is 2.49. The molecule has 0 fully saturated rings. The van der Waals surface area contributed by atoms with Crippen molar-refractivity contribution in [3.63, 3.8) is 0 Å². The monoisotopic (exact) mass is 430 g/mol. The molecular formula is C25H36O4Si. The summed E-state index contributed by atoms with van der Waals surface area (Å²) in [6.07, 6.45) is -4.21. The first-order chi connectivity index (χ1) is 14.7. The molecule has 2 aromatic carbocycles. The average Bonchev–Trinajstić information content (AvgIpc) is 2.69. The summed E-state index contributed by atoms with van der Waals surface area (Å²) in [5.74, 6) is -0.965. The van der Waals surface area contributed by atoms with Gasteiger partial charge in [-0.1, -0.05) is 81.4 Å². The third-order valence-electron chi connectivity index (χ3n) is 4.81. The molecule has 30 heavy (non-hydrogen) atoms. The maximum absolute atomic E-state index is 12.2.